The number of rotatable bonds is 6. The van der Waals surface area contributed by atoms with E-state index < -0.39 is 18.0 Å². The number of nitrogens with one attached hydrogen (secondary N) is 2. The quantitative estimate of drug-likeness (QED) is 0.566. The molecule has 0 saturated heterocycles. The molecule has 0 spiro atoms. The predicted molar refractivity (Wildman–Crippen MR) is 105 cm³/mol. The summed E-state index contributed by atoms with van der Waals surface area (Å²) < 4.78 is 38.6. The first-order chi connectivity index (χ1) is 13.7. The number of aliphatic hydroxyl groups is 1. The molecule has 0 bridgehead atoms. The standard InChI is InChI=1S/C20H20F3N5O/c1-12-7-15(14-3-5-24-18(10-14)26-11-13(2)29)9-16(8-12)27-19-25-6-4-17(28-19)20(21,22)23/h3-10,13,29H,11H2,1-2H3,(H,24,26)(H,25,27,28). The summed E-state index contributed by atoms with van der Waals surface area (Å²) in [5.74, 6) is 0.478. The Kier molecular flexibility index (Phi) is 5.97. The molecule has 6 nitrogen and oxygen atoms in total. The van der Waals surface area contributed by atoms with Crippen molar-refractivity contribution in [1.29, 1.82) is 0 Å². The van der Waals surface area contributed by atoms with Crippen LogP contribution in [0.2, 0.25) is 0 Å². The minimum atomic E-state index is -4.54. The van der Waals surface area contributed by atoms with E-state index in [1.54, 1.807) is 25.3 Å². The van der Waals surface area contributed by atoms with Gasteiger partial charge in [0.2, 0.25) is 5.95 Å². The van der Waals surface area contributed by atoms with Gasteiger partial charge in [0, 0.05) is 24.6 Å². The molecule has 0 aliphatic rings. The van der Waals surface area contributed by atoms with Gasteiger partial charge in [0.25, 0.3) is 0 Å². The van der Waals surface area contributed by atoms with Crippen molar-refractivity contribution >= 4 is 17.5 Å². The zero-order valence-corrected chi connectivity index (χ0v) is 15.8. The van der Waals surface area contributed by atoms with E-state index in [0.717, 1.165) is 29.0 Å². The van der Waals surface area contributed by atoms with E-state index in [1.165, 1.54) is 0 Å². The third-order valence-electron chi connectivity index (χ3n) is 3.95. The highest BCUT2D eigenvalue weighted by Gasteiger charge is 2.32. The van der Waals surface area contributed by atoms with Gasteiger partial charge in [-0.3, -0.25) is 0 Å². The number of aromatic nitrogens is 3. The lowest BCUT2D eigenvalue weighted by atomic mass is 10.0. The molecule has 1 unspecified atom stereocenters. The van der Waals surface area contributed by atoms with Gasteiger partial charge in [-0.1, -0.05) is 6.07 Å². The van der Waals surface area contributed by atoms with Crippen LogP contribution < -0.4 is 10.6 Å². The van der Waals surface area contributed by atoms with Crippen LogP contribution in [-0.2, 0) is 6.18 Å². The maximum absolute atomic E-state index is 12.9. The van der Waals surface area contributed by atoms with Gasteiger partial charge in [-0.25, -0.2) is 15.0 Å². The Balaban J connectivity index is 1.87. The van der Waals surface area contributed by atoms with Crippen LogP contribution in [0.3, 0.4) is 0 Å². The molecular formula is C20H20F3N5O. The van der Waals surface area contributed by atoms with Gasteiger partial charge >= 0.3 is 6.18 Å². The number of anilines is 3. The van der Waals surface area contributed by atoms with Crippen molar-refractivity contribution in [3.63, 3.8) is 0 Å². The third-order valence-corrected chi connectivity index (χ3v) is 3.95. The van der Waals surface area contributed by atoms with Crippen LogP contribution in [-0.4, -0.2) is 32.7 Å². The van der Waals surface area contributed by atoms with Gasteiger partial charge in [0.15, 0.2) is 0 Å². The molecule has 152 valence electrons. The van der Waals surface area contributed by atoms with Crippen LogP contribution in [0.4, 0.5) is 30.6 Å². The molecule has 0 saturated carbocycles. The highest BCUT2D eigenvalue weighted by molar-refractivity contribution is 5.72. The molecule has 9 heteroatoms. The Morgan fingerprint density at radius 2 is 1.79 bits per heavy atom. The lowest BCUT2D eigenvalue weighted by Gasteiger charge is -2.12. The lowest BCUT2D eigenvalue weighted by molar-refractivity contribution is -0.141. The number of pyridine rings is 1. The highest BCUT2D eigenvalue weighted by atomic mass is 19.4. The van der Waals surface area contributed by atoms with Crippen LogP contribution in [0, 0.1) is 6.92 Å². The topological polar surface area (TPSA) is 83.0 Å². The molecule has 3 rings (SSSR count). The molecule has 0 amide bonds. The molecule has 0 aliphatic heterocycles. The van der Waals surface area contributed by atoms with Crippen molar-refractivity contribution < 1.29 is 18.3 Å². The maximum atomic E-state index is 12.9. The molecule has 0 fully saturated rings. The molecule has 2 heterocycles. The number of benzene rings is 1. The van der Waals surface area contributed by atoms with Crippen molar-refractivity contribution in [3.8, 4) is 11.1 Å². The van der Waals surface area contributed by atoms with Crippen molar-refractivity contribution in [2.75, 3.05) is 17.2 Å². The van der Waals surface area contributed by atoms with E-state index in [0.29, 0.717) is 18.1 Å². The first-order valence-electron chi connectivity index (χ1n) is 8.88. The highest BCUT2D eigenvalue weighted by Crippen LogP contribution is 2.29. The van der Waals surface area contributed by atoms with E-state index in [9.17, 15) is 18.3 Å². The maximum Gasteiger partial charge on any atom is 0.433 e. The number of hydrogen-bond acceptors (Lipinski definition) is 6. The average Bonchev–Trinajstić information content (AvgIpc) is 2.66. The predicted octanol–water partition coefficient (Wildman–Crippen LogP) is 4.40. The van der Waals surface area contributed by atoms with Gasteiger partial charge in [-0.05, 0) is 60.9 Å². The first kappa shape index (κ1) is 20.5. The summed E-state index contributed by atoms with van der Waals surface area (Å²) in [6.07, 6.45) is -2.34. The summed E-state index contributed by atoms with van der Waals surface area (Å²) in [4.78, 5) is 11.6. The van der Waals surface area contributed by atoms with Crippen LogP contribution in [0.5, 0.6) is 0 Å². The molecule has 29 heavy (non-hydrogen) atoms. The summed E-state index contributed by atoms with van der Waals surface area (Å²) in [5.41, 5.74) is 2.18. The third kappa shape index (κ3) is 5.64. The zero-order chi connectivity index (χ0) is 21.0. The van der Waals surface area contributed by atoms with E-state index in [-0.39, 0.29) is 5.95 Å². The molecule has 0 aliphatic carbocycles. The number of alkyl halides is 3. The van der Waals surface area contributed by atoms with E-state index in [1.807, 2.05) is 25.1 Å². The second kappa shape index (κ2) is 8.44. The zero-order valence-electron chi connectivity index (χ0n) is 15.8. The Morgan fingerprint density at radius 3 is 2.52 bits per heavy atom. The normalized spacial score (nSPS) is 12.5. The second-order valence-corrected chi connectivity index (χ2v) is 6.64. The van der Waals surface area contributed by atoms with Crippen molar-refractivity contribution in [3.05, 3.63) is 60.0 Å². The van der Waals surface area contributed by atoms with Crippen LogP contribution in [0.25, 0.3) is 11.1 Å². The van der Waals surface area contributed by atoms with Crippen molar-refractivity contribution in [2.45, 2.75) is 26.1 Å². The number of aryl methyl sites for hydroxylation is 1. The minimum absolute atomic E-state index is 0.134. The van der Waals surface area contributed by atoms with E-state index in [4.69, 9.17) is 0 Å². The van der Waals surface area contributed by atoms with Gasteiger partial charge < -0.3 is 15.7 Å². The van der Waals surface area contributed by atoms with Crippen LogP contribution >= 0.6 is 0 Å². The number of nitrogens with zero attached hydrogens (tertiary/aromatic N) is 3. The lowest BCUT2D eigenvalue weighted by Crippen LogP contribution is -2.15. The van der Waals surface area contributed by atoms with Gasteiger partial charge in [0.05, 0.1) is 6.10 Å². The summed E-state index contributed by atoms with van der Waals surface area (Å²) in [5, 5.41) is 15.3. The Labute approximate surface area is 165 Å². The Bertz CT molecular complexity index is 992. The largest absolute Gasteiger partial charge is 0.433 e. The molecule has 3 aromatic rings. The van der Waals surface area contributed by atoms with Crippen LogP contribution in [0.15, 0.2) is 48.8 Å². The van der Waals surface area contributed by atoms with Crippen LogP contribution in [0.1, 0.15) is 18.2 Å². The smallest absolute Gasteiger partial charge is 0.392 e. The molecule has 1 aromatic carbocycles. The number of hydrogen-bond donors (Lipinski definition) is 3. The Morgan fingerprint density at radius 1 is 1.03 bits per heavy atom. The number of halogens is 3. The summed E-state index contributed by atoms with van der Waals surface area (Å²) in [7, 11) is 0. The van der Waals surface area contributed by atoms with Gasteiger partial charge in [-0.15, -0.1) is 0 Å². The van der Waals surface area contributed by atoms with Crippen molar-refractivity contribution in [1.82, 2.24) is 15.0 Å². The fourth-order valence-corrected chi connectivity index (χ4v) is 2.69. The van der Waals surface area contributed by atoms with Gasteiger partial charge in [0.1, 0.15) is 11.5 Å². The number of aliphatic hydroxyl groups excluding tert-OH is 1. The molecule has 0 radical (unpaired) electrons. The SMILES string of the molecule is Cc1cc(Nc2nccc(C(F)(F)F)n2)cc(-c2ccnc(NCC(C)O)c2)c1. The van der Waals surface area contributed by atoms with E-state index >= 15 is 0 Å². The van der Waals surface area contributed by atoms with Gasteiger partial charge in [-0.2, -0.15) is 13.2 Å². The van der Waals surface area contributed by atoms with Crippen molar-refractivity contribution in [2.24, 2.45) is 0 Å². The minimum Gasteiger partial charge on any atom is -0.392 e. The molecule has 1 atom stereocenters. The monoisotopic (exact) mass is 403 g/mol. The molecule has 3 N–H and O–H groups in total. The fourth-order valence-electron chi connectivity index (χ4n) is 2.69. The average molecular weight is 403 g/mol. The van der Waals surface area contributed by atoms with E-state index in [2.05, 4.69) is 25.6 Å². The Hall–Kier alpha value is -3.20. The summed E-state index contributed by atoms with van der Waals surface area (Å²) >= 11 is 0. The molecule has 2 aromatic heterocycles. The first-order valence-corrected chi connectivity index (χ1v) is 8.88. The second-order valence-electron chi connectivity index (χ2n) is 6.64. The fraction of sp³-hybridized carbons (Fsp3) is 0.250. The summed E-state index contributed by atoms with van der Waals surface area (Å²) in [6.45, 7) is 3.92. The summed E-state index contributed by atoms with van der Waals surface area (Å²) in [6, 6.07) is 10.0. The molecular weight excluding hydrogens is 383 g/mol.